The molecule has 2 aliphatic heterocycles. The van der Waals surface area contributed by atoms with Gasteiger partial charge in [0.1, 0.15) is 12.4 Å². The molecule has 3 nitrogen and oxygen atoms in total. The number of likely N-dealkylation sites (N-methyl/N-ethyl adjacent to an activating group) is 1. The summed E-state index contributed by atoms with van der Waals surface area (Å²) in [5.74, 6) is 1.03. The average molecular weight is 246 g/mol. The van der Waals surface area contributed by atoms with Crippen LogP contribution in [0.5, 0.6) is 5.75 Å². The Hall–Kier alpha value is -1.06. The van der Waals surface area contributed by atoms with Gasteiger partial charge in [0.15, 0.2) is 0 Å². The number of fused-ring (bicyclic) bond motifs is 1. The molecule has 0 aromatic heterocycles. The van der Waals surface area contributed by atoms with Crippen LogP contribution in [0.1, 0.15) is 24.0 Å². The average Bonchev–Trinajstić information content (AvgIpc) is 2.82. The Morgan fingerprint density at radius 2 is 2.33 bits per heavy atom. The number of likely N-dealkylation sites (tertiary alicyclic amines) is 1. The van der Waals surface area contributed by atoms with Gasteiger partial charge in [-0.05, 0) is 62.7 Å². The molecule has 0 amide bonds. The van der Waals surface area contributed by atoms with Crippen molar-refractivity contribution in [1.82, 2.24) is 10.2 Å². The van der Waals surface area contributed by atoms with Gasteiger partial charge in [-0.2, -0.15) is 0 Å². The van der Waals surface area contributed by atoms with E-state index in [1.807, 2.05) is 0 Å². The van der Waals surface area contributed by atoms with Crippen LogP contribution in [0, 0.1) is 0 Å². The first-order chi connectivity index (χ1) is 8.83. The maximum absolute atomic E-state index is 5.96. The first-order valence-corrected chi connectivity index (χ1v) is 6.98. The van der Waals surface area contributed by atoms with Crippen LogP contribution in [0.25, 0.3) is 0 Å². The maximum Gasteiger partial charge on any atom is 0.119 e. The predicted octanol–water partition coefficient (Wildman–Crippen LogP) is 1.81. The van der Waals surface area contributed by atoms with E-state index in [1.54, 1.807) is 0 Å². The number of nitrogens with zero attached hydrogens (tertiary/aromatic N) is 1. The van der Waals surface area contributed by atoms with Crippen molar-refractivity contribution >= 4 is 0 Å². The van der Waals surface area contributed by atoms with Gasteiger partial charge in [0.2, 0.25) is 0 Å². The number of nitrogens with one attached hydrogen (secondary N) is 1. The number of ether oxygens (including phenoxy) is 1. The van der Waals surface area contributed by atoms with Crippen molar-refractivity contribution in [3.05, 3.63) is 29.3 Å². The maximum atomic E-state index is 5.96. The minimum atomic E-state index is 0.596. The van der Waals surface area contributed by atoms with Crippen molar-refractivity contribution in [2.75, 3.05) is 26.7 Å². The molecular formula is C15H22N2O. The third-order valence-corrected chi connectivity index (χ3v) is 4.18. The van der Waals surface area contributed by atoms with Crippen LogP contribution >= 0.6 is 0 Å². The predicted molar refractivity (Wildman–Crippen MR) is 73.0 cm³/mol. The molecule has 1 aromatic carbocycles. The summed E-state index contributed by atoms with van der Waals surface area (Å²) in [7, 11) is 2.19. The molecule has 0 radical (unpaired) electrons. The molecule has 1 atom stereocenters. The Morgan fingerprint density at radius 3 is 3.17 bits per heavy atom. The molecule has 1 saturated heterocycles. The molecule has 3 heteroatoms. The molecule has 3 rings (SSSR count). The minimum Gasteiger partial charge on any atom is -0.492 e. The van der Waals surface area contributed by atoms with Gasteiger partial charge < -0.3 is 15.0 Å². The molecule has 1 unspecified atom stereocenters. The van der Waals surface area contributed by atoms with Crippen molar-refractivity contribution in [3.63, 3.8) is 0 Å². The number of rotatable bonds is 3. The summed E-state index contributed by atoms with van der Waals surface area (Å²) in [6.45, 7) is 4.11. The lowest BCUT2D eigenvalue weighted by atomic mass is 10.0. The minimum absolute atomic E-state index is 0.596. The highest BCUT2D eigenvalue weighted by Gasteiger charge is 2.21. The summed E-state index contributed by atoms with van der Waals surface area (Å²) in [4.78, 5) is 2.40. The Morgan fingerprint density at radius 1 is 1.39 bits per heavy atom. The molecule has 0 saturated carbocycles. The second-order valence-corrected chi connectivity index (χ2v) is 5.44. The van der Waals surface area contributed by atoms with Gasteiger partial charge in [0.05, 0.1) is 0 Å². The monoisotopic (exact) mass is 246 g/mol. The molecule has 2 aliphatic rings. The van der Waals surface area contributed by atoms with E-state index in [0.29, 0.717) is 6.04 Å². The summed E-state index contributed by atoms with van der Waals surface area (Å²) in [6, 6.07) is 7.15. The Labute approximate surface area is 109 Å². The van der Waals surface area contributed by atoms with E-state index in [-0.39, 0.29) is 0 Å². The first-order valence-electron chi connectivity index (χ1n) is 6.98. The second-order valence-electron chi connectivity index (χ2n) is 5.44. The molecule has 98 valence electrons. The third-order valence-electron chi connectivity index (χ3n) is 4.18. The number of benzene rings is 1. The van der Waals surface area contributed by atoms with Gasteiger partial charge in [0.25, 0.3) is 0 Å². The zero-order chi connectivity index (χ0) is 12.4. The number of hydrogen-bond acceptors (Lipinski definition) is 3. The molecule has 18 heavy (non-hydrogen) atoms. The van der Waals surface area contributed by atoms with E-state index in [2.05, 4.69) is 35.5 Å². The van der Waals surface area contributed by atoms with Crippen LogP contribution in [0.3, 0.4) is 0 Å². The fourth-order valence-electron chi connectivity index (χ4n) is 2.93. The summed E-state index contributed by atoms with van der Waals surface area (Å²) in [6.07, 6.45) is 3.71. The Bertz CT molecular complexity index is 419. The van der Waals surface area contributed by atoms with Crippen LogP contribution in [0.2, 0.25) is 0 Å². The van der Waals surface area contributed by atoms with Gasteiger partial charge in [0, 0.05) is 12.6 Å². The normalized spacial score (nSPS) is 23.9. The highest BCUT2D eigenvalue weighted by Crippen LogP contribution is 2.22. The molecule has 1 aromatic rings. The van der Waals surface area contributed by atoms with Crippen molar-refractivity contribution in [2.24, 2.45) is 0 Å². The van der Waals surface area contributed by atoms with Crippen LogP contribution in [-0.2, 0) is 13.0 Å². The molecule has 0 aliphatic carbocycles. The largest absolute Gasteiger partial charge is 0.492 e. The van der Waals surface area contributed by atoms with Gasteiger partial charge in [-0.25, -0.2) is 0 Å². The SMILES string of the molecule is CN1CCCC1COc1ccc2c(c1)CNCC2. The highest BCUT2D eigenvalue weighted by molar-refractivity contribution is 5.37. The van der Waals surface area contributed by atoms with Crippen molar-refractivity contribution < 1.29 is 4.74 Å². The van der Waals surface area contributed by atoms with E-state index in [0.717, 1.165) is 31.9 Å². The van der Waals surface area contributed by atoms with Crippen molar-refractivity contribution in [2.45, 2.75) is 31.8 Å². The zero-order valence-corrected chi connectivity index (χ0v) is 11.1. The molecular weight excluding hydrogens is 224 g/mol. The summed E-state index contributed by atoms with van der Waals surface area (Å²) in [5, 5.41) is 3.41. The van der Waals surface area contributed by atoms with Crippen LogP contribution < -0.4 is 10.1 Å². The van der Waals surface area contributed by atoms with Gasteiger partial charge in [-0.3, -0.25) is 0 Å². The van der Waals surface area contributed by atoms with E-state index < -0.39 is 0 Å². The van der Waals surface area contributed by atoms with Gasteiger partial charge >= 0.3 is 0 Å². The highest BCUT2D eigenvalue weighted by atomic mass is 16.5. The summed E-state index contributed by atoms with van der Waals surface area (Å²) >= 11 is 0. The number of hydrogen-bond donors (Lipinski definition) is 1. The van der Waals surface area contributed by atoms with Crippen LogP contribution in [-0.4, -0.2) is 37.7 Å². The zero-order valence-electron chi connectivity index (χ0n) is 11.1. The van der Waals surface area contributed by atoms with Crippen LogP contribution in [0.15, 0.2) is 18.2 Å². The van der Waals surface area contributed by atoms with E-state index in [9.17, 15) is 0 Å². The molecule has 1 fully saturated rings. The topological polar surface area (TPSA) is 24.5 Å². The lowest BCUT2D eigenvalue weighted by Gasteiger charge is -2.21. The van der Waals surface area contributed by atoms with Crippen molar-refractivity contribution in [1.29, 1.82) is 0 Å². The van der Waals surface area contributed by atoms with E-state index >= 15 is 0 Å². The molecule has 1 N–H and O–H groups in total. The van der Waals surface area contributed by atoms with E-state index in [1.165, 1.54) is 30.5 Å². The summed E-state index contributed by atoms with van der Waals surface area (Å²) < 4.78 is 5.96. The third kappa shape index (κ3) is 2.52. The Balaban J connectivity index is 1.62. The smallest absolute Gasteiger partial charge is 0.119 e. The van der Waals surface area contributed by atoms with E-state index in [4.69, 9.17) is 4.74 Å². The lowest BCUT2D eigenvalue weighted by molar-refractivity contribution is 0.198. The van der Waals surface area contributed by atoms with Gasteiger partial charge in [-0.15, -0.1) is 0 Å². The van der Waals surface area contributed by atoms with Gasteiger partial charge in [-0.1, -0.05) is 6.07 Å². The standard InChI is InChI=1S/C15H22N2O/c1-17-8-2-3-14(17)11-18-15-5-4-12-6-7-16-10-13(12)9-15/h4-5,9,14,16H,2-3,6-8,10-11H2,1H3. The fourth-order valence-corrected chi connectivity index (χ4v) is 2.93. The first kappa shape index (κ1) is 12.0. The quantitative estimate of drug-likeness (QED) is 0.880. The van der Waals surface area contributed by atoms with Crippen LogP contribution in [0.4, 0.5) is 0 Å². The Kier molecular flexibility index (Phi) is 3.52. The molecule has 0 spiro atoms. The molecule has 0 bridgehead atoms. The molecule has 2 heterocycles. The van der Waals surface area contributed by atoms with Crippen molar-refractivity contribution in [3.8, 4) is 5.75 Å². The summed E-state index contributed by atoms with van der Waals surface area (Å²) in [5.41, 5.74) is 2.87. The second kappa shape index (κ2) is 5.29. The lowest BCUT2D eigenvalue weighted by Crippen LogP contribution is -2.30. The fraction of sp³-hybridized carbons (Fsp3) is 0.600.